The van der Waals surface area contributed by atoms with Crippen molar-refractivity contribution >= 4 is 0 Å². The third kappa shape index (κ3) is 10.9. The lowest BCUT2D eigenvalue weighted by Crippen LogP contribution is -2.67. The summed E-state index contributed by atoms with van der Waals surface area (Å²) in [7, 11) is 0. The Bertz CT molecular complexity index is 2040. The molecule has 0 aliphatic carbocycles. The summed E-state index contributed by atoms with van der Waals surface area (Å²) in [5, 5.41) is 0. The quantitative estimate of drug-likeness (QED) is 0.0926. The zero-order valence-corrected chi connectivity index (χ0v) is 30.8. The van der Waals surface area contributed by atoms with Crippen molar-refractivity contribution in [3.63, 3.8) is 0 Å². The van der Waals surface area contributed by atoms with E-state index in [2.05, 4.69) is 11.8 Å². The lowest BCUT2D eigenvalue weighted by atomic mass is 9.91. The van der Waals surface area contributed by atoms with Gasteiger partial charge in [0.25, 0.3) is 5.79 Å². The van der Waals surface area contributed by atoms with Crippen molar-refractivity contribution in [3.05, 3.63) is 215 Å². The average Bonchev–Trinajstić information content (AvgIpc) is 3.25. The second-order valence-corrected chi connectivity index (χ2v) is 13.5. The molecule has 6 aromatic rings. The number of rotatable bonds is 16. The van der Waals surface area contributed by atoms with Gasteiger partial charge in [0.2, 0.25) is 0 Å². The van der Waals surface area contributed by atoms with Gasteiger partial charge in [-0.1, -0.05) is 176 Å². The highest BCUT2D eigenvalue weighted by Crippen LogP contribution is 2.39. The van der Waals surface area contributed by atoms with Crippen molar-refractivity contribution in [1.29, 1.82) is 0 Å². The molecule has 0 spiro atoms. The molecule has 6 nitrogen and oxygen atoms in total. The Morgan fingerprint density at radius 2 is 0.836 bits per heavy atom. The van der Waals surface area contributed by atoms with Gasteiger partial charge >= 0.3 is 0 Å². The Hall–Kier alpha value is -5.36. The summed E-state index contributed by atoms with van der Waals surface area (Å²) < 4.78 is 41.4. The van der Waals surface area contributed by atoms with Crippen LogP contribution in [0.2, 0.25) is 0 Å². The third-order valence-corrected chi connectivity index (χ3v) is 9.38. The van der Waals surface area contributed by atoms with Gasteiger partial charge in [0, 0.05) is 5.56 Å². The lowest BCUT2D eigenvalue weighted by Gasteiger charge is -2.50. The topological polar surface area (TPSA) is 55.4 Å². The van der Waals surface area contributed by atoms with E-state index in [0.717, 1.165) is 33.4 Å². The minimum absolute atomic E-state index is 0.189. The monoisotopic (exact) mass is 730 g/mol. The van der Waals surface area contributed by atoms with E-state index in [1.165, 1.54) is 0 Å². The summed E-state index contributed by atoms with van der Waals surface area (Å²) >= 11 is 0. The minimum atomic E-state index is -1.60. The van der Waals surface area contributed by atoms with Crippen LogP contribution in [-0.4, -0.2) is 36.8 Å². The fourth-order valence-corrected chi connectivity index (χ4v) is 6.54. The van der Waals surface area contributed by atoms with Gasteiger partial charge in [0.1, 0.15) is 18.3 Å². The fourth-order valence-electron chi connectivity index (χ4n) is 6.54. The van der Waals surface area contributed by atoms with Crippen LogP contribution in [0.4, 0.5) is 0 Å². The number of ether oxygens (including phenoxy) is 6. The Morgan fingerprint density at radius 1 is 0.436 bits per heavy atom. The SMILES string of the molecule is C(#C[C@]1(OCc2ccccc2)O[C@H](COCc2ccccc2)[C@@H](OCc2ccccc2)[C@H](OCc2ccccc2)[C@H]1OCc1ccccc1)c1ccccc1. The van der Waals surface area contributed by atoms with Gasteiger partial charge in [-0.05, 0) is 45.9 Å². The molecule has 0 aromatic heterocycles. The van der Waals surface area contributed by atoms with Gasteiger partial charge in [-0.2, -0.15) is 0 Å². The van der Waals surface area contributed by atoms with E-state index in [9.17, 15) is 0 Å². The van der Waals surface area contributed by atoms with Crippen LogP contribution in [-0.2, 0) is 61.5 Å². The first-order chi connectivity index (χ1) is 27.2. The van der Waals surface area contributed by atoms with Gasteiger partial charge in [-0.15, -0.1) is 0 Å². The molecule has 1 aliphatic rings. The zero-order chi connectivity index (χ0) is 37.4. The molecular weight excluding hydrogens is 685 g/mol. The van der Waals surface area contributed by atoms with Crippen LogP contribution >= 0.6 is 0 Å². The van der Waals surface area contributed by atoms with Crippen LogP contribution in [0.5, 0.6) is 0 Å². The minimum Gasteiger partial charge on any atom is -0.374 e. The predicted molar refractivity (Wildman–Crippen MR) is 213 cm³/mol. The molecule has 278 valence electrons. The molecule has 7 rings (SSSR count). The van der Waals surface area contributed by atoms with Crippen LogP contribution in [0.15, 0.2) is 182 Å². The largest absolute Gasteiger partial charge is 0.374 e. The van der Waals surface area contributed by atoms with Gasteiger partial charge in [0.05, 0.1) is 39.6 Å². The van der Waals surface area contributed by atoms with E-state index < -0.39 is 30.2 Å². The predicted octanol–water partition coefficient (Wildman–Crippen LogP) is 9.32. The molecule has 6 aromatic carbocycles. The lowest BCUT2D eigenvalue weighted by molar-refractivity contribution is -0.362. The maximum Gasteiger partial charge on any atom is 0.264 e. The van der Waals surface area contributed by atoms with E-state index >= 15 is 0 Å². The van der Waals surface area contributed by atoms with Crippen LogP contribution < -0.4 is 0 Å². The van der Waals surface area contributed by atoms with Crippen LogP contribution in [0.1, 0.15) is 33.4 Å². The highest BCUT2D eigenvalue weighted by molar-refractivity contribution is 5.37. The highest BCUT2D eigenvalue weighted by Gasteiger charge is 2.58. The smallest absolute Gasteiger partial charge is 0.264 e. The standard InChI is InChI=1S/C49H46O6/c1-7-19-39(20-8-1)31-32-49(54-37-44-29-17-6-18-30-44)48(53-36-43-27-15-5-16-28-43)47(52-35-42-25-13-4-14-26-42)46(51-34-41-23-11-3-12-24-41)45(55-49)38-50-33-40-21-9-2-10-22-40/h1-30,45-48H,33-38H2/t45-,46-,47+,48-,49+/m1/s1. The van der Waals surface area contributed by atoms with Crippen molar-refractivity contribution in [2.45, 2.75) is 63.2 Å². The second kappa shape index (κ2) is 19.8. The maximum absolute atomic E-state index is 7.19. The fraction of sp³-hybridized carbons (Fsp3) is 0.224. The molecule has 0 radical (unpaired) electrons. The molecule has 1 saturated heterocycles. The molecule has 0 amide bonds. The summed E-state index contributed by atoms with van der Waals surface area (Å²) in [6, 6.07) is 60.2. The Morgan fingerprint density at radius 3 is 1.33 bits per heavy atom. The molecular formula is C49H46O6. The molecule has 1 fully saturated rings. The van der Waals surface area contributed by atoms with E-state index in [4.69, 9.17) is 28.4 Å². The van der Waals surface area contributed by atoms with Gasteiger partial charge in [-0.3, -0.25) is 0 Å². The average molecular weight is 731 g/mol. The number of hydrogen-bond acceptors (Lipinski definition) is 6. The zero-order valence-electron chi connectivity index (χ0n) is 30.8. The van der Waals surface area contributed by atoms with Crippen molar-refractivity contribution in [2.24, 2.45) is 0 Å². The Labute approximate surface area is 324 Å². The Kier molecular flexibility index (Phi) is 13.7. The van der Waals surface area contributed by atoms with Gasteiger partial charge in [0.15, 0.2) is 6.10 Å². The summed E-state index contributed by atoms with van der Waals surface area (Å²) in [5.41, 5.74) is 5.87. The van der Waals surface area contributed by atoms with E-state index in [-0.39, 0.29) is 19.8 Å². The van der Waals surface area contributed by atoms with E-state index in [0.29, 0.717) is 19.8 Å². The molecule has 0 saturated carbocycles. The molecule has 5 atom stereocenters. The van der Waals surface area contributed by atoms with Gasteiger partial charge in [-0.25, -0.2) is 0 Å². The molecule has 55 heavy (non-hydrogen) atoms. The first-order valence-electron chi connectivity index (χ1n) is 18.8. The molecule has 0 bridgehead atoms. The summed E-state index contributed by atoms with van der Waals surface area (Å²) in [4.78, 5) is 0. The van der Waals surface area contributed by atoms with Gasteiger partial charge < -0.3 is 28.4 Å². The van der Waals surface area contributed by atoms with Crippen LogP contribution in [0, 0.1) is 11.8 Å². The molecule has 1 aliphatic heterocycles. The number of hydrogen-bond donors (Lipinski definition) is 0. The van der Waals surface area contributed by atoms with E-state index in [1.807, 2.05) is 182 Å². The summed E-state index contributed by atoms with van der Waals surface area (Å²) in [5.74, 6) is 5.23. The molecule has 0 N–H and O–H groups in total. The molecule has 0 unspecified atom stereocenters. The first-order valence-corrected chi connectivity index (χ1v) is 18.8. The first kappa shape index (κ1) is 37.9. The third-order valence-electron chi connectivity index (χ3n) is 9.38. The maximum atomic E-state index is 7.19. The van der Waals surface area contributed by atoms with E-state index in [1.54, 1.807) is 0 Å². The van der Waals surface area contributed by atoms with Crippen molar-refractivity contribution < 1.29 is 28.4 Å². The van der Waals surface area contributed by atoms with Crippen LogP contribution in [0.3, 0.4) is 0 Å². The van der Waals surface area contributed by atoms with Crippen molar-refractivity contribution in [2.75, 3.05) is 6.61 Å². The van der Waals surface area contributed by atoms with Crippen LogP contribution in [0.25, 0.3) is 0 Å². The summed E-state index contributed by atoms with van der Waals surface area (Å²) in [6.07, 6.45) is -2.85. The number of benzene rings is 6. The van der Waals surface area contributed by atoms with Crippen molar-refractivity contribution in [1.82, 2.24) is 0 Å². The second-order valence-electron chi connectivity index (χ2n) is 13.5. The highest BCUT2D eigenvalue weighted by atomic mass is 16.7. The normalized spacial score (nSPS) is 20.7. The molecule has 1 heterocycles. The Balaban J connectivity index is 1.32. The van der Waals surface area contributed by atoms with Crippen molar-refractivity contribution in [3.8, 4) is 11.8 Å². The molecule has 6 heteroatoms. The summed E-state index contributed by atoms with van der Waals surface area (Å²) in [6.45, 7) is 1.70.